The van der Waals surface area contributed by atoms with Gasteiger partial charge in [0, 0.05) is 6.07 Å². The van der Waals surface area contributed by atoms with Crippen LogP contribution in [0.4, 0.5) is 0 Å². The molecule has 0 spiro atoms. The minimum absolute atomic E-state index is 0. The Kier molecular flexibility index (Phi) is 3.84. The normalized spacial score (nSPS) is 8.62. The first-order chi connectivity index (χ1) is 5.38. The second kappa shape index (κ2) is 4.39. The van der Waals surface area contributed by atoms with E-state index in [0.29, 0.717) is 11.0 Å². The molecule has 2 aromatic rings. The van der Waals surface area contributed by atoms with Crippen molar-refractivity contribution in [3.05, 3.63) is 46.8 Å². The lowest BCUT2D eigenvalue weighted by Crippen LogP contribution is -1.96. The van der Waals surface area contributed by atoms with Gasteiger partial charge in [0.2, 0.25) is 0 Å². The molecule has 0 saturated heterocycles. The van der Waals surface area contributed by atoms with Crippen LogP contribution in [0.1, 0.15) is 0 Å². The molecule has 1 aromatic heterocycles. The number of hydrogen-bond acceptors (Lipinski definition) is 2. The van der Waals surface area contributed by atoms with Crippen LogP contribution >= 0.6 is 0 Å². The molecule has 0 fully saturated rings. The molecule has 4 nitrogen and oxygen atoms in total. The van der Waals surface area contributed by atoms with E-state index in [0.717, 1.165) is 0 Å². The summed E-state index contributed by atoms with van der Waals surface area (Å²) in [5.41, 5.74) is 0.645. The Bertz CT molecular complexity index is 427. The van der Waals surface area contributed by atoms with Gasteiger partial charge in [0.1, 0.15) is 5.58 Å². The molecule has 1 heterocycles. The van der Waals surface area contributed by atoms with Gasteiger partial charge in [-0.25, -0.2) is 0 Å². The second-order valence-corrected chi connectivity index (χ2v) is 2.28. The van der Waals surface area contributed by atoms with Gasteiger partial charge in [0.15, 0.2) is 5.43 Å². The van der Waals surface area contributed by atoms with Crippen LogP contribution in [0.25, 0.3) is 11.0 Å². The van der Waals surface area contributed by atoms with Gasteiger partial charge in [-0.1, -0.05) is 12.1 Å². The Morgan fingerprint density at radius 3 is 2.38 bits per heavy atom. The lowest BCUT2D eigenvalue weighted by molar-refractivity contribution is 0.602. The third kappa shape index (κ3) is 1.93. The highest BCUT2D eigenvalue weighted by Crippen LogP contribution is 2.06. The highest BCUT2D eigenvalue weighted by Gasteiger charge is 1.95. The molecule has 4 N–H and O–H groups in total. The summed E-state index contributed by atoms with van der Waals surface area (Å²) in [4.78, 5) is 11.1. The highest BCUT2D eigenvalue weighted by atomic mass is 16.3. The predicted octanol–water partition coefficient (Wildman–Crippen LogP) is 0.144. The van der Waals surface area contributed by atoms with Crippen molar-refractivity contribution in [1.29, 1.82) is 0 Å². The molecular formula is C9H10O4. The lowest BCUT2D eigenvalue weighted by atomic mass is 10.2. The average molecular weight is 182 g/mol. The Morgan fingerprint density at radius 1 is 1.00 bits per heavy atom. The van der Waals surface area contributed by atoms with Crippen molar-refractivity contribution in [3.8, 4) is 0 Å². The Labute approximate surface area is 74.0 Å². The van der Waals surface area contributed by atoms with Gasteiger partial charge >= 0.3 is 0 Å². The van der Waals surface area contributed by atoms with E-state index in [2.05, 4.69) is 0 Å². The summed E-state index contributed by atoms with van der Waals surface area (Å²) in [6.45, 7) is 0. The van der Waals surface area contributed by atoms with E-state index >= 15 is 0 Å². The fraction of sp³-hybridized carbons (Fsp3) is 0. The van der Waals surface area contributed by atoms with E-state index in [4.69, 9.17) is 4.42 Å². The van der Waals surface area contributed by atoms with Gasteiger partial charge < -0.3 is 15.4 Å². The van der Waals surface area contributed by atoms with Crippen molar-refractivity contribution in [2.75, 3.05) is 0 Å². The number of fused-ring (bicyclic) bond motifs is 1. The third-order valence-corrected chi connectivity index (χ3v) is 1.57. The maximum Gasteiger partial charge on any atom is 0.192 e. The molecule has 2 rings (SSSR count). The first-order valence-corrected chi connectivity index (χ1v) is 3.34. The first-order valence-electron chi connectivity index (χ1n) is 3.34. The molecular weight excluding hydrogens is 172 g/mol. The fourth-order valence-corrected chi connectivity index (χ4v) is 1.03. The molecule has 0 bridgehead atoms. The van der Waals surface area contributed by atoms with Crippen molar-refractivity contribution in [3.63, 3.8) is 0 Å². The number of benzene rings is 1. The molecule has 0 amide bonds. The number of rotatable bonds is 0. The zero-order valence-electron chi connectivity index (χ0n) is 6.78. The molecule has 0 radical (unpaired) electrons. The lowest BCUT2D eigenvalue weighted by Gasteiger charge is -1.91. The SMILES string of the molecule is O.O.O=c1ccoc2ccccc12. The Balaban J connectivity index is 0.000000720. The molecule has 0 unspecified atom stereocenters. The van der Waals surface area contributed by atoms with E-state index in [9.17, 15) is 4.79 Å². The van der Waals surface area contributed by atoms with Crippen LogP contribution in [-0.4, -0.2) is 11.0 Å². The largest absolute Gasteiger partial charge is 0.464 e. The van der Waals surface area contributed by atoms with Gasteiger partial charge in [-0.2, -0.15) is 0 Å². The molecule has 70 valence electrons. The summed E-state index contributed by atoms with van der Waals surface area (Å²) in [5.74, 6) is 0. The van der Waals surface area contributed by atoms with Crippen molar-refractivity contribution in [2.45, 2.75) is 0 Å². The van der Waals surface area contributed by atoms with Crippen LogP contribution < -0.4 is 5.43 Å². The smallest absolute Gasteiger partial charge is 0.192 e. The summed E-state index contributed by atoms with van der Waals surface area (Å²) in [6.07, 6.45) is 1.41. The van der Waals surface area contributed by atoms with E-state index < -0.39 is 0 Å². The van der Waals surface area contributed by atoms with Crippen LogP contribution in [0.15, 0.2) is 45.8 Å². The van der Waals surface area contributed by atoms with E-state index in [1.807, 2.05) is 12.1 Å². The summed E-state index contributed by atoms with van der Waals surface area (Å²) < 4.78 is 5.09. The predicted molar refractivity (Wildman–Crippen MR) is 49.7 cm³/mol. The van der Waals surface area contributed by atoms with E-state index in [-0.39, 0.29) is 16.4 Å². The Hall–Kier alpha value is -1.65. The van der Waals surface area contributed by atoms with Crippen molar-refractivity contribution in [2.24, 2.45) is 0 Å². The van der Waals surface area contributed by atoms with E-state index in [1.54, 1.807) is 12.1 Å². The van der Waals surface area contributed by atoms with Crippen LogP contribution in [0.3, 0.4) is 0 Å². The molecule has 0 aliphatic rings. The van der Waals surface area contributed by atoms with Gasteiger partial charge in [0.25, 0.3) is 0 Å². The number of para-hydroxylation sites is 1. The summed E-state index contributed by atoms with van der Waals surface area (Å²) in [6, 6.07) is 8.60. The van der Waals surface area contributed by atoms with Gasteiger partial charge in [0.05, 0.1) is 11.6 Å². The summed E-state index contributed by atoms with van der Waals surface area (Å²) >= 11 is 0. The molecule has 0 aliphatic carbocycles. The molecule has 1 aromatic carbocycles. The van der Waals surface area contributed by atoms with Crippen molar-refractivity contribution < 1.29 is 15.4 Å². The quantitative estimate of drug-likeness (QED) is 0.579. The van der Waals surface area contributed by atoms with Gasteiger partial charge in [-0.05, 0) is 12.1 Å². The average Bonchev–Trinajstić information content (AvgIpc) is 2.06. The van der Waals surface area contributed by atoms with Gasteiger partial charge in [-0.3, -0.25) is 4.79 Å². The standard InChI is InChI=1S/C9H6O2.2H2O/c10-8-5-6-11-9-4-2-1-3-7(8)9;;/h1-6H;2*1H2. The fourth-order valence-electron chi connectivity index (χ4n) is 1.03. The Morgan fingerprint density at radius 2 is 1.69 bits per heavy atom. The molecule has 0 saturated carbocycles. The summed E-state index contributed by atoms with van der Waals surface area (Å²) in [7, 11) is 0. The molecule has 4 heteroatoms. The topological polar surface area (TPSA) is 93.2 Å². The molecule has 0 aliphatic heterocycles. The molecule has 0 atom stereocenters. The minimum Gasteiger partial charge on any atom is -0.464 e. The second-order valence-electron chi connectivity index (χ2n) is 2.28. The first kappa shape index (κ1) is 11.4. The van der Waals surface area contributed by atoms with Crippen LogP contribution in [0.2, 0.25) is 0 Å². The summed E-state index contributed by atoms with van der Waals surface area (Å²) in [5, 5.41) is 0.634. The van der Waals surface area contributed by atoms with Crippen LogP contribution in [-0.2, 0) is 0 Å². The van der Waals surface area contributed by atoms with E-state index in [1.165, 1.54) is 12.3 Å². The van der Waals surface area contributed by atoms with Crippen molar-refractivity contribution in [1.82, 2.24) is 0 Å². The van der Waals surface area contributed by atoms with Crippen LogP contribution in [0.5, 0.6) is 0 Å². The third-order valence-electron chi connectivity index (χ3n) is 1.57. The van der Waals surface area contributed by atoms with Gasteiger partial charge in [-0.15, -0.1) is 0 Å². The number of hydrogen-bond donors (Lipinski definition) is 0. The zero-order chi connectivity index (χ0) is 7.68. The van der Waals surface area contributed by atoms with Crippen LogP contribution in [0, 0.1) is 0 Å². The maximum atomic E-state index is 11.1. The molecule has 13 heavy (non-hydrogen) atoms. The monoisotopic (exact) mass is 182 g/mol. The minimum atomic E-state index is 0. The highest BCUT2D eigenvalue weighted by molar-refractivity contribution is 5.75. The maximum absolute atomic E-state index is 11.1. The zero-order valence-corrected chi connectivity index (χ0v) is 6.78. The van der Waals surface area contributed by atoms with Crippen molar-refractivity contribution >= 4 is 11.0 Å².